The van der Waals surface area contributed by atoms with Gasteiger partial charge >= 0.3 is 0 Å². The summed E-state index contributed by atoms with van der Waals surface area (Å²) in [6, 6.07) is 3.87. The van der Waals surface area contributed by atoms with Crippen LogP contribution < -0.4 is 5.73 Å². The van der Waals surface area contributed by atoms with Gasteiger partial charge in [0, 0.05) is 19.0 Å². The molecule has 3 nitrogen and oxygen atoms in total. The van der Waals surface area contributed by atoms with E-state index in [1.54, 1.807) is 4.90 Å². The Morgan fingerprint density at radius 1 is 1.62 bits per heavy atom. The lowest BCUT2D eigenvalue weighted by Gasteiger charge is -2.26. The summed E-state index contributed by atoms with van der Waals surface area (Å²) in [6.07, 6.45) is 0.574. The van der Waals surface area contributed by atoms with Crippen LogP contribution in [-0.2, 0) is 0 Å². The van der Waals surface area contributed by atoms with Crippen molar-refractivity contribution in [2.45, 2.75) is 26.3 Å². The number of amides is 1. The van der Waals surface area contributed by atoms with Crippen LogP contribution in [0, 0.1) is 0 Å². The molecule has 0 aliphatic rings. The normalized spacial score (nSPS) is 10.4. The van der Waals surface area contributed by atoms with Gasteiger partial charge in [-0.15, -0.1) is 11.3 Å². The number of carbonyl (C=O) groups excluding carboxylic acids is 1. The maximum atomic E-state index is 12.1. The van der Waals surface area contributed by atoms with Gasteiger partial charge in [-0.05, 0) is 25.3 Å². The van der Waals surface area contributed by atoms with Crippen molar-refractivity contribution < 1.29 is 4.79 Å². The molecule has 1 heterocycles. The minimum absolute atomic E-state index is 0.0567. The molecule has 1 aromatic rings. The molecular formula is C11H16N2OS2. The predicted octanol–water partition coefficient (Wildman–Crippen LogP) is 2.27. The van der Waals surface area contributed by atoms with Crippen LogP contribution in [0.5, 0.6) is 0 Å². The molecule has 0 aromatic carbocycles. The third-order valence-corrected chi connectivity index (χ3v) is 3.28. The van der Waals surface area contributed by atoms with E-state index in [-0.39, 0.29) is 11.9 Å². The molecule has 0 bridgehead atoms. The molecule has 0 aliphatic heterocycles. The second-order valence-electron chi connectivity index (χ2n) is 3.79. The van der Waals surface area contributed by atoms with Crippen molar-refractivity contribution in [3.63, 3.8) is 0 Å². The summed E-state index contributed by atoms with van der Waals surface area (Å²) in [6.45, 7) is 4.57. The zero-order valence-corrected chi connectivity index (χ0v) is 11.1. The summed E-state index contributed by atoms with van der Waals surface area (Å²) in [5.74, 6) is 0.0567. The first kappa shape index (κ1) is 13.1. The Kier molecular flexibility index (Phi) is 4.89. The van der Waals surface area contributed by atoms with E-state index in [0.29, 0.717) is 18.0 Å². The van der Waals surface area contributed by atoms with Gasteiger partial charge in [0.2, 0.25) is 0 Å². The van der Waals surface area contributed by atoms with Gasteiger partial charge in [-0.2, -0.15) is 0 Å². The molecule has 0 unspecified atom stereocenters. The van der Waals surface area contributed by atoms with Crippen LogP contribution in [0.25, 0.3) is 0 Å². The summed E-state index contributed by atoms with van der Waals surface area (Å²) >= 11 is 6.29. The highest BCUT2D eigenvalue weighted by Crippen LogP contribution is 2.14. The van der Waals surface area contributed by atoms with Gasteiger partial charge in [0.25, 0.3) is 5.91 Å². The lowest BCUT2D eigenvalue weighted by Crippen LogP contribution is -2.38. The van der Waals surface area contributed by atoms with Gasteiger partial charge < -0.3 is 10.6 Å². The fraction of sp³-hybridized carbons (Fsp3) is 0.455. The fourth-order valence-electron chi connectivity index (χ4n) is 1.37. The van der Waals surface area contributed by atoms with Crippen molar-refractivity contribution >= 4 is 34.5 Å². The second kappa shape index (κ2) is 5.96. The Bertz CT molecular complexity index is 360. The van der Waals surface area contributed by atoms with Crippen molar-refractivity contribution in [3.05, 3.63) is 22.4 Å². The van der Waals surface area contributed by atoms with Crippen LogP contribution in [0.3, 0.4) is 0 Å². The van der Waals surface area contributed by atoms with Crippen molar-refractivity contribution in [1.29, 1.82) is 0 Å². The Hall–Kier alpha value is -0.940. The van der Waals surface area contributed by atoms with E-state index < -0.39 is 0 Å². The number of hydrogen-bond donors (Lipinski definition) is 1. The third kappa shape index (κ3) is 3.57. The minimum Gasteiger partial charge on any atom is -0.393 e. The van der Waals surface area contributed by atoms with Crippen LogP contribution in [0.4, 0.5) is 0 Å². The molecule has 1 amide bonds. The lowest BCUT2D eigenvalue weighted by atomic mass is 10.2. The van der Waals surface area contributed by atoms with E-state index in [1.165, 1.54) is 11.3 Å². The molecule has 2 N–H and O–H groups in total. The summed E-state index contributed by atoms with van der Waals surface area (Å²) in [5, 5.41) is 1.90. The highest BCUT2D eigenvalue weighted by molar-refractivity contribution is 7.80. The van der Waals surface area contributed by atoms with E-state index in [1.807, 2.05) is 31.4 Å². The van der Waals surface area contributed by atoms with Crippen LogP contribution >= 0.6 is 23.6 Å². The monoisotopic (exact) mass is 256 g/mol. The van der Waals surface area contributed by atoms with E-state index in [4.69, 9.17) is 18.0 Å². The maximum absolute atomic E-state index is 12.1. The van der Waals surface area contributed by atoms with Crippen LogP contribution in [0.15, 0.2) is 17.5 Å². The molecule has 88 valence electrons. The SMILES string of the molecule is CC(C)N(CCC(N)=S)C(=O)c1cccs1. The third-order valence-electron chi connectivity index (χ3n) is 2.22. The Balaban J connectivity index is 2.70. The summed E-state index contributed by atoms with van der Waals surface area (Å²) < 4.78 is 0. The summed E-state index contributed by atoms with van der Waals surface area (Å²) in [7, 11) is 0. The minimum atomic E-state index is 0.0567. The number of hydrogen-bond acceptors (Lipinski definition) is 3. The molecule has 1 rings (SSSR count). The zero-order chi connectivity index (χ0) is 12.1. The first-order valence-electron chi connectivity index (χ1n) is 5.15. The standard InChI is InChI=1S/C11H16N2OS2/c1-8(2)13(6-5-10(12)15)11(14)9-4-3-7-16-9/h3-4,7-8H,5-6H2,1-2H3,(H2,12,15). The Morgan fingerprint density at radius 2 is 2.31 bits per heavy atom. The topological polar surface area (TPSA) is 46.3 Å². The molecule has 0 saturated heterocycles. The first-order chi connectivity index (χ1) is 7.52. The molecule has 0 radical (unpaired) electrons. The number of rotatable bonds is 5. The molecule has 0 spiro atoms. The van der Waals surface area contributed by atoms with Crippen LogP contribution in [0.1, 0.15) is 29.9 Å². The summed E-state index contributed by atoms with van der Waals surface area (Å²) in [4.78, 5) is 15.1. The first-order valence-corrected chi connectivity index (χ1v) is 6.44. The zero-order valence-electron chi connectivity index (χ0n) is 9.47. The number of thiophene rings is 1. The van der Waals surface area contributed by atoms with E-state index >= 15 is 0 Å². The van der Waals surface area contributed by atoms with E-state index in [0.717, 1.165) is 4.88 Å². The van der Waals surface area contributed by atoms with Gasteiger partial charge in [-0.25, -0.2) is 0 Å². The number of carbonyl (C=O) groups is 1. The highest BCUT2D eigenvalue weighted by Gasteiger charge is 2.19. The van der Waals surface area contributed by atoms with Gasteiger partial charge in [0.05, 0.1) is 9.87 Å². The van der Waals surface area contributed by atoms with Crippen molar-refractivity contribution in [2.24, 2.45) is 5.73 Å². The second-order valence-corrected chi connectivity index (χ2v) is 5.26. The molecule has 0 atom stereocenters. The molecule has 0 saturated carbocycles. The van der Waals surface area contributed by atoms with Crippen LogP contribution in [-0.4, -0.2) is 28.4 Å². The molecule has 16 heavy (non-hydrogen) atoms. The van der Waals surface area contributed by atoms with Crippen molar-refractivity contribution in [3.8, 4) is 0 Å². The summed E-state index contributed by atoms with van der Waals surface area (Å²) in [5.41, 5.74) is 5.46. The van der Waals surface area contributed by atoms with E-state index in [9.17, 15) is 4.79 Å². The Labute approximate surface area is 105 Å². The molecule has 0 fully saturated rings. The van der Waals surface area contributed by atoms with Gasteiger partial charge in [-0.3, -0.25) is 4.79 Å². The van der Waals surface area contributed by atoms with Gasteiger partial charge in [-0.1, -0.05) is 18.3 Å². The lowest BCUT2D eigenvalue weighted by molar-refractivity contribution is 0.0716. The van der Waals surface area contributed by atoms with Crippen molar-refractivity contribution in [1.82, 2.24) is 4.90 Å². The predicted molar refractivity (Wildman–Crippen MR) is 71.9 cm³/mol. The smallest absolute Gasteiger partial charge is 0.264 e. The Morgan fingerprint density at radius 3 is 2.75 bits per heavy atom. The van der Waals surface area contributed by atoms with Crippen LogP contribution in [0.2, 0.25) is 0 Å². The van der Waals surface area contributed by atoms with E-state index in [2.05, 4.69) is 0 Å². The number of nitrogens with zero attached hydrogens (tertiary/aromatic N) is 1. The van der Waals surface area contributed by atoms with Gasteiger partial charge in [0.1, 0.15) is 0 Å². The fourth-order valence-corrected chi connectivity index (χ4v) is 2.14. The number of nitrogens with two attached hydrogens (primary N) is 1. The quantitative estimate of drug-likeness (QED) is 0.822. The highest BCUT2D eigenvalue weighted by atomic mass is 32.1. The maximum Gasteiger partial charge on any atom is 0.264 e. The largest absolute Gasteiger partial charge is 0.393 e. The average molecular weight is 256 g/mol. The molecular weight excluding hydrogens is 240 g/mol. The average Bonchev–Trinajstić information content (AvgIpc) is 2.69. The number of thiocarbonyl (C=S) groups is 1. The van der Waals surface area contributed by atoms with Crippen molar-refractivity contribution in [2.75, 3.05) is 6.54 Å². The molecule has 5 heteroatoms. The molecule has 1 aromatic heterocycles. The van der Waals surface area contributed by atoms with Gasteiger partial charge in [0.15, 0.2) is 0 Å². The molecule has 0 aliphatic carbocycles.